The lowest BCUT2D eigenvalue weighted by Crippen LogP contribution is -2.47. The molecule has 158 valence electrons. The molecule has 1 saturated carbocycles. The summed E-state index contributed by atoms with van der Waals surface area (Å²) in [6.07, 6.45) is 6.95. The van der Waals surface area contributed by atoms with Crippen molar-refractivity contribution in [1.29, 1.82) is 0 Å². The van der Waals surface area contributed by atoms with Crippen LogP contribution in [0.4, 0.5) is 11.6 Å². The molecule has 8 heteroatoms. The SMILES string of the molecule is CNc1cc(NCC[C@@H]2C[C@@H]2C2CCN(C3=NC=C(Cl)CN3C)CC2)nc(C)n1. The van der Waals surface area contributed by atoms with E-state index < -0.39 is 0 Å². The van der Waals surface area contributed by atoms with Crippen molar-refractivity contribution in [3.63, 3.8) is 0 Å². The fraction of sp³-hybridized carbons (Fsp3) is 0.667. The Morgan fingerprint density at radius 3 is 2.69 bits per heavy atom. The van der Waals surface area contributed by atoms with Crippen LogP contribution >= 0.6 is 11.6 Å². The molecule has 1 aromatic rings. The molecular formula is C21H32ClN7. The lowest BCUT2D eigenvalue weighted by molar-refractivity contribution is 0.221. The number of aryl methyl sites for hydroxylation is 1. The van der Waals surface area contributed by atoms with Gasteiger partial charge >= 0.3 is 0 Å². The standard InChI is InChI=1S/C21H32ClN7/c1-14-26-19(23-2)11-20(27-14)24-7-4-16-10-18(16)15-5-8-29(9-6-15)21-25-12-17(22)13-28(21)3/h11-12,15-16,18H,4-10,13H2,1-3H3,(H2,23,24,26,27)/t16-,18-/m1/s1. The van der Waals surface area contributed by atoms with Gasteiger partial charge in [0.15, 0.2) is 0 Å². The number of likely N-dealkylation sites (N-methyl/N-ethyl adjacent to an activating group) is 1. The van der Waals surface area contributed by atoms with E-state index in [2.05, 4.69) is 42.4 Å². The van der Waals surface area contributed by atoms with Gasteiger partial charge in [0.25, 0.3) is 0 Å². The van der Waals surface area contributed by atoms with Crippen LogP contribution in [0.2, 0.25) is 0 Å². The Kier molecular flexibility index (Phi) is 6.13. The second-order valence-electron chi connectivity index (χ2n) is 8.50. The maximum Gasteiger partial charge on any atom is 0.201 e. The molecule has 0 aromatic carbocycles. The Bertz CT molecular complexity index is 785. The molecule has 3 aliphatic rings. The first-order valence-corrected chi connectivity index (χ1v) is 11.1. The summed E-state index contributed by atoms with van der Waals surface area (Å²) in [6.45, 7) is 5.88. The van der Waals surface area contributed by atoms with Gasteiger partial charge in [-0.25, -0.2) is 15.0 Å². The van der Waals surface area contributed by atoms with Crippen LogP contribution in [-0.2, 0) is 0 Å². The van der Waals surface area contributed by atoms with E-state index in [0.29, 0.717) is 0 Å². The predicted molar refractivity (Wildman–Crippen MR) is 119 cm³/mol. The molecule has 2 N–H and O–H groups in total. The Morgan fingerprint density at radius 1 is 1.21 bits per heavy atom. The van der Waals surface area contributed by atoms with Gasteiger partial charge in [-0.2, -0.15) is 0 Å². The van der Waals surface area contributed by atoms with Crippen molar-refractivity contribution in [2.75, 3.05) is 50.9 Å². The molecule has 2 atom stereocenters. The van der Waals surface area contributed by atoms with Gasteiger partial charge < -0.3 is 20.4 Å². The molecular weight excluding hydrogens is 386 g/mol. The summed E-state index contributed by atoms with van der Waals surface area (Å²) in [5, 5.41) is 7.37. The number of aromatic nitrogens is 2. The van der Waals surface area contributed by atoms with E-state index in [9.17, 15) is 0 Å². The Labute approximate surface area is 178 Å². The number of anilines is 2. The van der Waals surface area contributed by atoms with Crippen molar-refractivity contribution in [3.8, 4) is 0 Å². The van der Waals surface area contributed by atoms with Crippen molar-refractivity contribution in [3.05, 3.63) is 23.1 Å². The van der Waals surface area contributed by atoms with Crippen LogP contribution in [-0.4, -0.2) is 66.0 Å². The van der Waals surface area contributed by atoms with E-state index >= 15 is 0 Å². The van der Waals surface area contributed by atoms with Crippen LogP contribution in [0.5, 0.6) is 0 Å². The van der Waals surface area contributed by atoms with Gasteiger partial charge in [0, 0.05) is 46.0 Å². The summed E-state index contributed by atoms with van der Waals surface area (Å²) in [5.41, 5.74) is 0. The van der Waals surface area contributed by atoms with E-state index in [1.165, 1.54) is 25.7 Å². The van der Waals surface area contributed by atoms with E-state index in [1.807, 2.05) is 20.0 Å². The van der Waals surface area contributed by atoms with Gasteiger partial charge in [-0.15, -0.1) is 0 Å². The zero-order chi connectivity index (χ0) is 20.4. The number of nitrogens with zero attached hydrogens (tertiary/aromatic N) is 5. The third-order valence-electron chi connectivity index (χ3n) is 6.37. The minimum absolute atomic E-state index is 0.764. The molecule has 4 rings (SSSR count). The third kappa shape index (κ3) is 4.94. The maximum absolute atomic E-state index is 6.09. The highest BCUT2D eigenvalue weighted by Crippen LogP contribution is 2.49. The van der Waals surface area contributed by atoms with Crippen molar-refractivity contribution >= 4 is 29.2 Å². The number of halogens is 1. The van der Waals surface area contributed by atoms with Crippen molar-refractivity contribution in [2.24, 2.45) is 22.7 Å². The van der Waals surface area contributed by atoms with Crippen LogP contribution in [0.25, 0.3) is 0 Å². The maximum atomic E-state index is 6.09. The number of nitrogens with one attached hydrogen (secondary N) is 2. The zero-order valence-corrected chi connectivity index (χ0v) is 18.4. The molecule has 29 heavy (non-hydrogen) atoms. The van der Waals surface area contributed by atoms with Crippen LogP contribution in [0.3, 0.4) is 0 Å². The first kappa shape index (κ1) is 20.3. The normalized spacial score (nSPS) is 24.8. The van der Waals surface area contributed by atoms with Gasteiger partial charge in [0.2, 0.25) is 5.96 Å². The van der Waals surface area contributed by atoms with Crippen molar-refractivity contribution in [1.82, 2.24) is 19.8 Å². The highest BCUT2D eigenvalue weighted by atomic mass is 35.5. The van der Waals surface area contributed by atoms with E-state index in [1.54, 1.807) is 6.20 Å². The summed E-state index contributed by atoms with van der Waals surface area (Å²) in [6, 6.07) is 1.97. The van der Waals surface area contributed by atoms with Crippen molar-refractivity contribution in [2.45, 2.75) is 32.6 Å². The number of hydrogen-bond donors (Lipinski definition) is 2. The molecule has 2 aliphatic heterocycles. The molecule has 0 unspecified atom stereocenters. The van der Waals surface area contributed by atoms with Crippen molar-refractivity contribution < 1.29 is 0 Å². The summed E-state index contributed by atoms with van der Waals surface area (Å²) in [7, 11) is 3.96. The fourth-order valence-electron chi connectivity index (χ4n) is 4.77. The van der Waals surface area contributed by atoms with Crippen LogP contribution in [0.1, 0.15) is 31.5 Å². The van der Waals surface area contributed by atoms with Gasteiger partial charge in [-0.3, -0.25) is 0 Å². The second kappa shape index (κ2) is 8.78. The Balaban J connectivity index is 1.20. The Hall–Kier alpha value is -2.02. The lowest BCUT2D eigenvalue weighted by atomic mass is 9.90. The smallest absolute Gasteiger partial charge is 0.201 e. The minimum Gasteiger partial charge on any atom is -0.373 e. The largest absolute Gasteiger partial charge is 0.373 e. The molecule has 7 nitrogen and oxygen atoms in total. The molecule has 1 aliphatic carbocycles. The van der Waals surface area contributed by atoms with E-state index in [-0.39, 0.29) is 0 Å². The summed E-state index contributed by atoms with van der Waals surface area (Å²) in [5.74, 6) is 6.27. The van der Waals surface area contributed by atoms with Gasteiger partial charge in [-0.1, -0.05) is 11.6 Å². The number of piperidine rings is 1. The summed E-state index contributed by atoms with van der Waals surface area (Å²) >= 11 is 6.09. The van der Waals surface area contributed by atoms with E-state index in [4.69, 9.17) is 11.6 Å². The van der Waals surface area contributed by atoms with Crippen LogP contribution in [0, 0.1) is 24.7 Å². The molecule has 2 fully saturated rings. The van der Waals surface area contributed by atoms with Crippen LogP contribution < -0.4 is 10.6 Å². The first-order chi connectivity index (χ1) is 14.0. The molecule has 0 bridgehead atoms. The molecule has 0 spiro atoms. The first-order valence-electron chi connectivity index (χ1n) is 10.7. The number of guanidine groups is 1. The zero-order valence-electron chi connectivity index (χ0n) is 17.7. The average molecular weight is 418 g/mol. The highest BCUT2D eigenvalue weighted by molar-refractivity contribution is 6.30. The monoisotopic (exact) mass is 417 g/mol. The highest BCUT2D eigenvalue weighted by Gasteiger charge is 2.43. The van der Waals surface area contributed by atoms with E-state index in [0.717, 1.165) is 72.4 Å². The predicted octanol–water partition coefficient (Wildman–Crippen LogP) is 3.36. The third-order valence-corrected chi connectivity index (χ3v) is 6.59. The topological polar surface area (TPSA) is 68.7 Å². The molecule has 3 heterocycles. The molecule has 0 amide bonds. The Morgan fingerprint density at radius 2 is 1.97 bits per heavy atom. The number of rotatable bonds is 6. The quantitative estimate of drug-likeness (QED) is 0.739. The van der Waals surface area contributed by atoms with Gasteiger partial charge in [0.05, 0.1) is 11.6 Å². The summed E-state index contributed by atoms with van der Waals surface area (Å²) in [4.78, 5) is 18.0. The lowest BCUT2D eigenvalue weighted by Gasteiger charge is -2.38. The minimum atomic E-state index is 0.764. The molecule has 1 aromatic heterocycles. The summed E-state index contributed by atoms with van der Waals surface area (Å²) < 4.78 is 0. The van der Waals surface area contributed by atoms with Gasteiger partial charge in [0.1, 0.15) is 17.5 Å². The van der Waals surface area contributed by atoms with Crippen LogP contribution in [0.15, 0.2) is 22.3 Å². The number of hydrogen-bond acceptors (Lipinski definition) is 7. The molecule has 1 saturated heterocycles. The fourth-order valence-corrected chi connectivity index (χ4v) is 5.00. The second-order valence-corrected chi connectivity index (χ2v) is 8.98. The number of aliphatic imine (C=N–C) groups is 1. The number of likely N-dealkylation sites (tertiary alicyclic amines) is 1. The molecule has 0 radical (unpaired) electrons. The van der Waals surface area contributed by atoms with Gasteiger partial charge in [-0.05, 0) is 50.4 Å². The average Bonchev–Trinajstić information content (AvgIpc) is 3.47.